The van der Waals surface area contributed by atoms with Gasteiger partial charge in [0.2, 0.25) is 0 Å². The summed E-state index contributed by atoms with van der Waals surface area (Å²) in [5, 5.41) is 6.09. The van der Waals surface area contributed by atoms with Gasteiger partial charge in [-0.15, -0.1) is 0 Å². The van der Waals surface area contributed by atoms with E-state index in [2.05, 4.69) is 17.6 Å². The molecule has 5 nitrogen and oxygen atoms in total. The molecule has 1 aliphatic heterocycles. The molecule has 0 unspecified atom stereocenters. The van der Waals surface area contributed by atoms with Crippen LogP contribution in [0.4, 0.5) is 10.1 Å². The lowest BCUT2D eigenvalue weighted by Crippen LogP contribution is -2.46. The summed E-state index contributed by atoms with van der Waals surface area (Å²) in [4.78, 5) is 27.7. The number of carbonyl (C=O) groups excluding carboxylic acids is 2. The summed E-state index contributed by atoms with van der Waals surface area (Å²) in [6.07, 6.45) is 2.77. The molecule has 0 aromatic heterocycles. The summed E-state index contributed by atoms with van der Waals surface area (Å²) in [6.45, 7) is 6.44. The number of carbonyl (C=O) groups is 2. The average molecular weight is 397 g/mol. The third kappa shape index (κ3) is 5.01. The van der Waals surface area contributed by atoms with Crippen LogP contribution in [0.3, 0.4) is 0 Å². The molecule has 0 spiro atoms. The van der Waals surface area contributed by atoms with Gasteiger partial charge in [0.25, 0.3) is 11.8 Å². The van der Waals surface area contributed by atoms with Gasteiger partial charge in [0.1, 0.15) is 5.82 Å². The number of nitrogens with one attached hydrogen (secondary N) is 2. The van der Waals surface area contributed by atoms with Crippen molar-refractivity contribution in [1.29, 1.82) is 0 Å². The Hall–Kier alpha value is -2.73. The van der Waals surface area contributed by atoms with E-state index in [9.17, 15) is 14.0 Å². The van der Waals surface area contributed by atoms with Gasteiger partial charge >= 0.3 is 0 Å². The van der Waals surface area contributed by atoms with Gasteiger partial charge < -0.3 is 15.5 Å². The summed E-state index contributed by atoms with van der Waals surface area (Å²) >= 11 is 0. The van der Waals surface area contributed by atoms with E-state index in [4.69, 9.17) is 0 Å². The van der Waals surface area contributed by atoms with Crippen molar-refractivity contribution in [3.63, 3.8) is 0 Å². The van der Waals surface area contributed by atoms with Gasteiger partial charge in [-0.1, -0.05) is 25.1 Å². The number of rotatable bonds is 6. The first-order valence-electron chi connectivity index (χ1n) is 10.2. The largest absolute Gasteiger partial charge is 0.336 e. The Morgan fingerprint density at radius 3 is 2.59 bits per heavy atom. The number of piperidine rings is 1. The third-order valence-electron chi connectivity index (χ3n) is 5.33. The summed E-state index contributed by atoms with van der Waals surface area (Å²) in [5.74, 6) is -1.13. The minimum atomic E-state index is -0.574. The zero-order valence-electron chi connectivity index (χ0n) is 17.0. The van der Waals surface area contributed by atoms with E-state index in [1.54, 1.807) is 24.3 Å². The maximum atomic E-state index is 13.9. The minimum Gasteiger partial charge on any atom is -0.336 e. The normalized spacial score (nSPS) is 14.4. The van der Waals surface area contributed by atoms with Gasteiger partial charge in [-0.25, -0.2) is 4.39 Å². The van der Waals surface area contributed by atoms with E-state index >= 15 is 0 Å². The number of halogens is 1. The van der Waals surface area contributed by atoms with Crippen molar-refractivity contribution in [1.82, 2.24) is 10.2 Å². The Kier molecular flexibility index (Phi) is 6.99. The molecule has 0 saturated carbocycles. The van der Waals surface area contributed by atoms with E-state index in [1.165, 1.54) is 12.1 Å². The van der Waals surface area contributed by atoms with Crippen molar-refractivity contribution in [3.05, 3.63) is 65.0 Å². The lowest BCUT2D eigenvalue weighted by Gasteiger charge is -2.34. The van der Waals surface area contributed by atoms with Gasteiger partial charge in [-0.05, 0) is 69.1 Å². The maximum absolute atomic E-state index is 13.9. The molecule has 1 saturated heterocycles. The van der Waals surface area contributed by atoms with Crippen LogP contribution in [0.25, 0.3) is 0 Å². The number of benzene rings is 2. The summed E-state index contributed by atoms with van der Waals surface area (Å²) < 4.78 is 13.9. The van der Waals surface area contributed by atoms with Crippen LogP contribution < -0.4 is 10.6 Å². The van der Waals surface area contributed by atoms with Gasteiger partial charge in [-0.3, -0.25) is 9.59 Å². The lowest BCUT2D eigenvalue weighted by atomic mass is 10.0. The first-order valence-corrected chi connectivity index (χ1v) is 10.2. The van der Waals surface area contributed by atoms with Crippen LogP contribution in [0.2, 0.25) is 0 Å². The topological polar surface area (TPSA) is 61.4 Å². The zero-order valence-corrected chi connectivity index (χ0v) is 17.0. The van der Waals surface area contributed by atoms with Crippen LogP contribution in [0.5, 0.6) is 0 Å². The van der Waals surface area contributed by atoms with Crippen LogP contribution in [0, 0.1) is 12.7 Å². The molecule has 0 bridgehead atoms. The molecular formula is C23H28FN3O2. The molecule has 1 heterocycles. The molecule has 0 aliphatic carbocycles. The van der Waals surface area contributed by atoms with Crippen LogP contribution in [0.15, 0.2) is 42.5 Å². The molecule has 2 amide bonds. The Labute approximate surface area is 171 Å². The van der Waals surface area contributed by atoms with Gasteiger partial charge in [0.05, 0.1) is 5.56 Å². The highest BCUT2D eigenvalue weighted by Crippen LogP contribution is 2.22. The van der Waals surface area contributed by atoms with E-state index in [0.717, 1.165) is 37.9 Å². The molecule has 0 atom stereocenters. The molecule has 154 valence electrons. The van der Waals surface area contributed by atoms with Crippen LogP contribution >= 0.6 is 0 Å². The number of anilines is 1. The fraction of sp³-hybridized carbons (Fsp3) is 0.391. The van der Waals surface area contributed by atoms with E-state index < -0.39 is 11.7 Å². The Balaban J connectivity index is 1.82. The second-order valence-corrected chi connectivity index (χ2v) is 7.44. The SMILES string of the molecule is CCCN(C(=O)c1ccc(C)c(NC(=O)c2ccccc2F)c1)C1CCNCC1. The van der Waals surface area contributed by atoms with E-state index in [0.29, 0.717) is 17.8 Å². The maximum Gasteiger partial charge on any atom is 0.258 e. The number of hydrogen-bond acceptors (Lipinski definition) is 3. The monoisotopic (exact) mass is 397 g/mol. The van der Waals surface area contributed by atoms with Gasteiger partial charge in [0, 0.05) is 23.8 Å². The predicted octanol–water partition coefficient (Wildman–Crippen LogP) is 3.99. The van der Waals surface area contributed by atoms with Crippen molar-refractivity contribution in [2.75, 3.05) is 25.0 Å². The molecule has 1 aliphatic rings. The second kappa shape index (κ2) is 9.65. The number of aryl methyl sites for hydroxylation is 1. The van der Waals surface area contributed by atoms with Crippen LogP contribution in [-0.4, -0.2) is 42.4 Å². The summed E-state index contributed by atoms with van der Waals surface area (Å²) in [5.41, 5.74) is 1.85. The van der Waals surface area contributed by atoms with Crippen molar-refractivity contribution in [3.8, 4) is 0 Å². The number of amides is 2. The molecule has 29 heavy (non-hydrogen) atoms. The highest BCUT2D eigenvalue weighted by molar-refractivity contribution is 6.05. The van der Waals surface area contributed by atoms with Gasteiger partial charge in [0.15, 0.2) is 0 Å². The smallest absolute Gasteiger partial charge is 0.258 e. The van der Waals surface area contributed by atoms with Crippen molar-refractivity contribution in [2.24, 2.45) is 0 Å². The molecular weight excluding hydrogens is 369 g/mol. The minimum absolute atomic E-state index is 0.0223. The third-order valence-corrected chi connectivity index (χ3v) is 5.33. The molecule has 0 radical (unpaired) electrons. The molecule has 2 aromatic rings. The predicted molar refractivity (Wildman–Crippen MR) is 113 cm³/mol. The highest BCUT2D eigenvalue weighted by Gasteiger charge is 2.26. The Morgan fingerprint density at radius 2 is 1.90 bits per heavy atom. The quantitative estimate of drug-likeness (QED) is 0.775. The summed E-state index contributed by atoms with van der Waals surface area (Å²) in [6, 6.07) is 11.4. The van der Waals surface area contributed by atoms with Gasteiger partial charge in [-0.2, -0.15) is 0 Å². The first-order chi connectivity index (χ1) is 14.0. The number of hydrogen-bond donors (Lipinski definition) is 2. The summed E-state index contributed by atoms with van der Waals surface area (Å²) in [7, 11) is 0. The van der Waals surface area contributed by atoms with E-state index in [1.807, 2.05) is 17.9 Å². The van der Waals surface area contributed by atoms with Crippen molar-refractivity contribution >= 4 is 17.5 Å². The zero-order chi connectivity index (χ0) is 20.8. The van der Waals surface area contributed by atoms with E-state index in [-0.39, 0.29) is 17.5 Å². The first kappa shape index (κ1) is 21.0. The molecule has 1 fully saturated rings. The standard InChI is InChI=1S/C23H28FN3O2/c1-3-14-27(18-10-12-25-13-11-18)23(29)17-9-8-16(2)21(15-17)26-22(28)19-6-4-5-7-20(19)24/h4-9,15,18,25H,3,10-14H2,1-2H3,(H,26,28). The molecule has 6 heteroatoms. The lowest BCUT2D eigenvalue weighted by molar-refractivity contribution is 0.0642. The van der Waals surface area contributed by atoms with Crippen LogP contribution in [0.1, 0.15) is 52.5 Å². The fourth-order valence-electron chi connectivity index (χ4n) is 3.70. The van der Waals surface area contributed by atoms with Crippen LogP contribution in [-0.2, 0) is 0 Å². The molecule has 2 aromatic carbocycles. The fourth-order valence-corrected chi connectivity index (χ4v) is 3.70. The second-order valence-electron chi connectivity index (χ2n) is 7.44. The van der Waals surface area contributed by atoms with Crippen molar-refractivity contribution in [2.45, 2.75) is 39.2 Å². The molecule has 3 rings (SSSR count). The highest BCUT2D eigenvalue weighted by atomic mass is 19.1. The average Bonchev–Trinajstić information content (AvgIpc) is 2.74. The Morgan fingerprint density at radius 1 is 1.17 bits per heavy atom. The molecule has 2 N–H and O–H groups in total. The van der Waals surface area contributed by atoms with Crippen molar-refractivity contribution < 1.29 is 14.0 Å². The Bertz CT molecular complexity index is 878. The number of nitrogens with zero attached hydrogens (tertiary/aromatic N) is 1.